The summed E-state index contributed by atoms with van der Waals surface area (Å²) in [7, 11) is 4.03. The molecule has 1 saturated carbocycles. The highest BCUT2D eigenvalue weighted by molar-refractivity contribution is 7.18. The van der Waals surface area contributed by atoms with Gasteiger partial charge in [-0.25, -0.2) is 4.98 Å². The molecule has 1 fully saturated rings. The van der Waals surface area contributed by atoms with Gasteiger partial charge in [-0.2, -0.15) is 0 Å². The Balaban J connectivity index is 1.82. The zero-order valence-corrected chi connectivity index (χ0v) is 12.2. The fourth-order valence-corrected chi connectivity index (χ4v) is 2.51. The highest BCUT2D eigenvalue weighted by Crippen LogP contribution is 2.30. The average molecular weight is 283 g/mol. The Hall–Kier alpha value is -1.34. The smallest absolute Gasteiger partial charge is 0.265 e. The number of anilines is 2. The van der Waals surface area contributed by atoms with Gasteiger partial charge in [0.25, 0.3) is 5.91 Å². The largest absolute Gasteiger partial charge is 0.382 e. The molecule has 1 aliphatic rings. The maximum atomic E-state index is 12.0. The molecule has 0 aromatic carbocycles. The molecule has 2 rings (SSSR count). The van der Waals surface area contributed by atoms with Crippen LogP contribution in [0.15, 0.2) is 0 Å². The number of amides is 1. The van der Waals surface area contributed by atoms with E-state index in [0.717, 1.165) is 18.1 Å². The van der Waals surface area contributed by atoms with E-state index >= 15 is 0 Å². The van der Waals surface area contributed by atoms with E-state index in [1.807, 2.05) is 14.1 Å². The standard InChI is InChI=1S/C12H21N5OS/c1-17(2)7-3-6-14-11(18)9-10(13)16-12(19-9)15-8-4-5-8/h8H,3-7,13H2,1-2H3,(H,14,18)(H,15,16). The lowest BCUT2D eigenvalue weighted by atomic mass is 10.4. The summed E-state index contributed by atoms with van der Waals surface area (Å²) in [6.07, 6.45) is 3.27. The molecular formula is C12H21N5OS. The molecule has 0 spiro atoms. The van der Waals surface area contributed by atoms with Crippen molar-refractivity contribution in [1.82, 2.24) is 15.2 Å². The fraction of sp³-hybridized carbons (Fsp3) is 0.667. The van der Waals surface area contributed by atoms with Crippen LogP contribution in [0, 0.1) is 0 Å². The zero-order valence-electron chi connectivity index (χ0n) is 11.4. The number of hydrogen-bond acceptors (Lipinski definition) is 6. The second-order valence-corrected chi connectivity index (χ2v) is 6.06. The van der Waals surface area contributed by atoms with E-state index in [1.165, 1.54) is 24.2 Å². The fourth-order valence-electron chi connectivity index (χ4n) is 1.64. The molecule has 1 aromatic rings. The van der Waals surface area contributed by atoms with Gasteiger partial charge in [0, 0.05) is 12.6 Å². The molecule has 1 aliphatic carbocycles. The minimum atomic E-state index is -0.127. The van der Waals surface area contributed by atoms with Gasteiger partial charge < -0.3 is 21.3 Å². The molecule has 1 heterocycles. The number of nitrogens with one attached hydrogen (secondary N) is 2. The van der Waals surface area contributed by atoms with Crippen molar-refractivity contribution < 1.29 is 4.79 Å². The summed E-state index contributed by atoms with van der Waals surface area (Å²) in [4.78, 5) is 18.7. The van der Waals surface area contributed by atoms with Crippen LogP contribution in [0.3, 0.4) is 0 Å². The van der Waals surface area contributed by atoms with Crippen molar-refractivity contribution in [3.63, 3.8) is 0 Å². The molecule has 1 aromatic heterocycles. The van der Waals surface area contributed by atoms with Crippen LogP contribution >= 0.6 is 11.3 Å². The Morgan fingerprint density at radius 2 is 2.26 bits per heavy atom. The Morgan fingerprint density at radius 1 is 1.53 bits per heavy atom. The predicted molar refractivity (Wildman–Crippen MR) is 78.7 cm³/mol. The molecule has 0 unspecified atom stereocenters. The molecule has 0 saturated heterocycles. The summed E-state index contributed by atoms with van der Waals surface area (Å²) in [6.45, 7) is 1.60. The predicted octanol–water partition coefficient (Wildman–Crippen LogP) is 0.981. The Kier molecular flexibility index (Phi) is 4.60. The third-order valence-electron chi connectivity index (χ3n) is 2.83. The molecule has 0 radical (unpaired) electrons. The number of carbonyl (C=O) groups is 1. The van der Waals surface area contributed by atoms with E-state index < -0.39 is 0 Å². The third-order valence-corrected chi connectivity index (χ3v) is 3.83. The molecule has 7 heteroatoms. The number of hydrogen-bond donors (Lipinski definition) is 3. The van der Waals surface area contributed by atoms with Crippen molar-refractivity contribution in [3.8, 4) is 0 Å². The van der Waals surface area contributed by atoms with Crippen LogP contribution in [0.1, 0.15) is 28.9 Å². The van der Waals surface area contributed by atoms with Gasteiger partial charge in [-0.05, 0) is 39.9 Å². The molecule has 106 valence electrons. The van der Waals surface area contributed by atoms with Gasteiger partial charge in [-0.3, -0.25) is 4.79 Å². The molecule has 1 amide bonds. The van der Waals surface area contributed by atoms with Crippen LogP contribution in [0.2, 0.25) is 0 Å². The van der Waals surface area contributed by atoms with E-state index in [4.69, 9.17) is 5.73 Å². The molecule has 4 N–H and O–H groups in total. The van der Waals surface area contributed by atoms with Gasteiger partial charge in [-0.15, -0.1) is 0 Å². The quantitative estimate of drug-likeness (QED) is 0.650. The summed E-state index contributed by atoms with van der Waals surface area (Å²) in [5.74, 6) is 0.191. The van der Waals surface area contributed by atoms with Gasteiger partial charge in [0.1, 0.15) is 10.7 Å². The molecule has 0 atom stereocenters. The van der Waals surface area contributed by atoms with Crippen LogP contribution in [0.25, 0.3) is 0 Å². The molecule has 0 aliphatic heterocycles. The topological polar surface area (TPSA) is 83.3 Å². The lowest BCUT2D eigenvalue weighted by Crippen LogP contribution is -2.27. The normalized spacial score (nSPS) is 14.7. The molecule has 0 bridgehead atoms. The maximum Gasteiger partial charge on any atom is 0.265 e. The third kappa shape index (κ3) is 4.36. The van der Waals surface area contributed by atoms with Crippen LogP contribution < -0.4 is 16.4 Å². The number of aromatic nitrogens is 1. The Labute approximate surface area is 117 Å². The number of nitrogens with zero attached hydrogens (tertiary/aromatic N) is 2. The van der Waals surface area contributed by atoms with Crippen molar-refractivity contribution in [1.29, 1.82) is 0 Å². The van der Waals surface area contributed by atoms with Gasteiger partial charge >= 0.3 is 0 Å². The Bertz CT molecular complexity index is 441. The highest BCUT2D eigenvalue weighted by atomic mass is 32.1. The first-order valence-corrected chi connectivity index (χ1v) is 7.33. The lowest BCUT2D eigenvalue weighted by molar-refractivity contribution is 0.0957. The summed E-state index contributed by atoms with van der Waals surface area (Å²) >= 11 is 1.33. The molecule has 19 heavy (non-hydrogen) atoms. The van der Waals surface area contributed by atoms with Crippen molar-refractivity contribution in [2.75, 3.05) is 38.2 Å². The maximum absolute atomic E-state index is 12.0. The van der Waals surface area contributed by atoms with Crippen molar-refractivity contribution in [2.45, 2.75) is 25.3 Å². The zero-order chi connectivity index (χ0) is 13.8. The van der Waals surface area contributed by atoms with Crippen molar-refractivity contribution in [3.05, 3.63) is 4.88 Å². The first-order valence-electron chi connectivity index (χ1n) is 6.52. The van der Waals surface area contributed by atoms with E-state index in [0.29, 0.717) is 23.3 Å². The molecular weight excluding hydrogens is 262 g/mol. The van der Waals surface area contributed by atoms with E-state index in [1.54, 1.807) is 0 Å². The average Bonchev–Trinajstić information content (AvgIpc) is 3.07. The first-order chi connectivity index (χ1) is 9.06. The SMILES string of the molecule is CN(C)CCCNC(=O)c1sc(NC2CC2)nc1N. The van der Waals surface area contributed by atoms with Gasteiger partial charge in [0.2, 0.25) is 0 Å². The number of rotatable bonds is 7. The van der Waals surface area contributed by atoms with E-state index in [2.05, 4.69) is 20.5 Å². The van der Waals surface area contributed by atoms with E-state index in [9.17, 15) is 4.79 Å². The first kappa shape index (κ1) is 14.1. The number of carbonyl (C=O) groups excluding carboxylic acids is 1. The van der Waals surface area contributed by atoms with Gasteiger partial charge in [-0.1, -0.05) is 11.3 Å². The van der Waals surface area contributed by atoms with Crippen LogP contribution in [-0.4, -0.2) is 49.0 Å². The summed E-state index contributed by atoms with van der Waals surface area (Å²) < 4.78 is 0. The number of nitrogens with two attached hydrogens (primary N) is 1. The monoisotopic (exact) mass is 283 g/mol. The van der Waals surface area contributed by atoms with E-state index in [-0.39, 0.29) is 5.91 Å². The minimum absolute atomic E-state index is 0.127. The minimum Gasteiger partial charge on any atom is -0.382 e. The Morgan fingerprint density at radius 3 is 2.89 bits per heavy atom. The second kappa shape index (κ2) is 6.21. The van der Waals surface area contributed by atoms with Crippen molar-refractivity contribution >= 4 is 28.2 Å². The van der Waals surface area contributed by atoms with Crippen LogP contribution in [-0.2, 0) is 0 Å². The van der Waals surface area contributed by atoms with Gasteiger partial charge in [0.15, 0.2) is 5.13 Å². The molecule has 6 nitrogen and oxygen atoms in total. The van der Waals surface area contributed by atoms with Crippen molar-refractivity contribution in [2.24, 2.45) is 0 Å². The summed E-state index contributed by atoms with van der Waals surface area (Å²) in [5, 5.41) is 6.88. The number of nitrogen functional groups attached to an aromatic ring is 1. The highest BCUT2D eigenvalue weighted by Gasteiger charge is 2.24. The lowest BCUT2D eigenvalue weighted by Gasteiger charge is -2.09. The number of thiazole rings is 1. The summed E-state index contributed by atoms with van der Waals surface area (Å²) in [6, 6.07) is 0.515. The summed E-state index contributed by atoms with van der Waals surface area (Å²) in [5.41, 5.74) is 5.78. The second-order valence-electron chi connectivity index (χ2n) is 5.06. The van der Waals surface area contributed by atoms with Crippen LogP contribution in [0.5, 0.6) is 0 Å². The van der Waals surface area contributed by atoms with Gasteiger partial charge in [0.05, 0.1) is 0 Å². The van der Waals surface area contributed by atoms with Crippen LogP contribution in [0.4, 0.5) is 10.9 Å².